The van der Waals surface area contributed by atoms with Gasteiger partial charge in [-0.25, -0.2) is 14.7 Å². The number of rotatable bonds is 4. The average molecular weight is 558 g/mol. The van der Waals surface area contributed by atoms with Crippen molar-refractivity contribution in [1.82, 2.24) is 19.2 Å². The number of benzene rings is 3. The maximum Gasteiger partial charge on any atom is 0.162 e. The van der Waals surface area contributed by atoms with E-state index in [0.717, 1.165) is 61.4 Å². The lowest BCUT2D eigenvalue weighted by Gasteiger charge is -2.16. The third-order valence-electron chi connectivity index (χ3n) is 8.05. The van der Waals surface area contributed by atoms with Crippen LogP contribution in [0.15, 0.2) is 139 Å². The summed E-state index contributed by atoms with van der Waals surface area (Å²) in [6.07, 6.45) is 14.5. The highest BCUT2D eigenvalue weighted by atomic mass is 15.4. The lowest BCUT2D eigenvalue weighted by atomic mass is 10.00. The quantitative estimate of drug-likeness (QED) is 0.171. The van der Waals surface area contributed by atoms with E-state index in [0.29, 0.717) is 11.7 Å². The predicted molar refractivity (Wildman–Crippen MR) is 176 cm³/mol. The van der Waals surface area contributed by atoms with Crippen LogP contribution in [-0.4, -0.2) is 30.9 Å². The molecule has 43 heavy (non-hydrogen) atoms. The molecule has 4 heterocycles. The highest BCUT2D eigenvalue weighted by molar-refractivity contribution is 6.25. The summed E-state index contributed by atoms with van der Waals surface area (Å²) >= 11 is 0. The zero-order chi connectivity index (χ0) is 28.8. The monoisotopic (exact) mass is 557 g/mol. The Balaban J connectivity index is 1.40. The Morgan fingerprint density at radius 2 is 1.60 bits per heavy atom. The van der Waals surface area contributed by atoms with Gasteiger partial charge in [0.25, 0.3) is 0 Å². The minimum Gasteiger partial charge on any atom is -0.307 e. The van der Waals surface area contributed by atoms with Crippen LogP contribution in [0.3, 0.4) is 0 Å². The molecule has 3 aromatic carbocycles. The van der Waals surface area contributed by atoms with Crippen molar-refractivity contribution in [2.75, 3.05) is 5.43 Å². The molecule has 7 nitrogen and oxygen atoms in total. The highest BCUT2D eigenvalue weighted by Crippen LogP contribution is 2.39. The number of allylic oxidation sites excluding steroid dienone is 3. The fourth-order valence-electron chi connectivity index (χ4n) is 6.06. The first-order chi connectivity index (χ1) is 21.3. The molecule has 0 bridgehead atoms. The number of nitrogens with zero attached hydrogens (tertiary/aromatic N) is 5. The summed E-state index contributed by atoms with van der Waals surface area (Å²) in [5.74, 6) is 0.822. The normalized spacial score (nSPS) is 15.2. The van der Waals surface area contributed by atoms with Crippen molar-refractivity contribution in [3.05, 3.63) is 139 Å². The third kappa shape index (κ3) is 4.13. The maximum absolute atomic E-state index is 8.86. The van der Waals surface area contributed by atoms with E-state index in [1.807, 2.05) is 77.8 Å². The van der Waals surface area contributed by atoms with Crippen molar-refractivity contribution < 1.29 is 0 Å². The Bertz CT molecular complexity index is 2250. The van der Waals surface area contributed by atoms with Crippen LogP contribution < -0.4 is 5.43 Å². The molecule has 7 aromatic rings. The van der Waals surface area contributed by atoms with Gasteiger partial charge in [-0.1, -0.05) is 91.0 Å². The average Bonchev–Trinajstić information content (AvgIpc) is 3.58. The van der Waals surface area contributed by atoms with Crippen molar-refractivity contribution in [3.63, 3.8) is 0 Å². The Morgan fingerprint density at radius 1 is 0.814 bits per heavy atom. The minimum absolute atomic E-state index is 0.0726. The van der Waals surface area contributed by atoms with Crippen LogP contribution in [0.5, 0.6) is 0 Å². The van der Waals surface area contributed by atoms with Crippen molar-refractivity contribution in [1.29, 1.82) is 5.41 Å². The van der Waals surface area contributed by atoms with Gasteiger partial charge in [0.15, 0.2) is 11.5 Å². The molecule has 1 atom stereocenters. The van der Waals surface area contributed by atoms with Gasteiger partial charge >= 0.3 is 0 Å². The summed E-state index contributed by atoms with van der Waals surface area (Å²) in [7, 11) is 0. The Hall–Kier alpha value is -5.82. The van der Waals surface area contributed by atoms with Crippen LogP contribution in [0, 0.1) is 11.3 Å². The SMILES string of the molecule is N=C(N=C(Nn1c2ccccc2c2c1ncc1c3ccccc3n(-c3cccnc3)c12)c1ccccc1)C1C=CC=CC1. The number of hydrogen-bond acceptors (Lipinski definition) is 3. The summed E-state index contributed by atoms with van der Waals surface area (Å²) in [6.45, 7) is 0. The smallest absolute Gasteiger partial charge is 0.162 e. The topological polar surface area (TPSA) is 83.9 Å². The first-order valence-corrected chi connectivity index (χ1v) is 14.3. The molecule has 4 aromatic heterocycles. The summed E-state index contributed by atoms with van der Waals surface area (Å²) in [6, 6.07) is 30.8. The van der Waals surface area contributed by atoms with Gasteiger partial charge in [0.1, 0.15) is 5.84 Å². The van der Waals surface area contributed by atoms with Gasteiger partial charge in [-0.2, -0.15) is 0 Å². The standard InChI is InChI=1S/C36H27N7/c37-34(24-12-3-1-4-13-24)40-35(25-14-5-2-6-15-25)41-43-31-20-10-8-18-28(31)32-33-29(23-39-36(32)43)27-17-7-9-19-30(27)42(33)26-16-11-21-38-22-26/h1-12,14-24H,13H2,(H2,37,40,41). The van der Waals surface area contributed by atoms with Crippen LogP contribution in [0.2, 0.25) is 0 Å². The van der Waals surface area contributed by atoms with E-state index in [-0.39, 0.29) is 5.92 Å². The zero-order valence-corrected chi connectivity index (χ0v) is 23.2. The van der Waals surface area contributed by atoms with E-state index in [1.54, 1.807) is 6.20 Å². The zero-order valence-electron chi connectivity index (χ0n) is 23.2. The molecule has 1 unspecified atom stereocenters. The molecule has 8 rings (SSSR count). The van der Waals surface area contributed by atoms with Gasteiger partial charge in [-0.15, -0.1) is 0 Å². The lowest BCUT2D eigenvalue weighted by molar-refractivity contribution is 0.851. The van der Waals surface area contributed by atoms with Gasteiger partial charge in [-0.3, -0.25) is 15.8 Å². The molecular formula is C36H27N7. The second-order valence-corrected chi connectivity index (χ2v) is 10.6. The number of nitrogens with one attached hydrogen (secondary N) is 2. The largest absolute Gasteiger partial charge is 0.307 e. The van der Waals surface area contributed by atoms with Gasteiger partial charge in [-0.05, 0) is 30.7 Å². The van der Waals surface area contributed by atoms with Crippen molar-refractivity contribution in [3.8, 4) is 5.69 Å². The van der Waals surface area contributed by atoms with Crippen LogP contribution in [0.1, 0.15) is 12.0 Å². The molecule has 0 aliphatic heterocycles. The first kappa shape index (κ1) is 24.9. The van der Waals surface area contributed by atoms with E-state index in [4.69, 9.17) is 15.4 Å². The van der Waals surface area contributed by atoms with Crippen LogP contribution in [0.25, 0.3) is 49.4 Å². The molecule has 0 radical (unpaired) electrons. The molecule has 0 amide bonds. The van der Waals surface area contributed by atoms with E-state index < -0.39 is 0 Å². The fourth-order valence-corrected chi connectivity index (χ4v) is 6.06. The summed E-state index contributed by atoms with van der Waals surface area (Å²) in [5.41, 5.74) is 9.37. The number of fused-ring (bicyclic) bond motifs is 7. The predicted octanol–water partition coefficient (Wildman–Crippen LogP) is 7.78. The second kappa shape index (κ2) is 10.2. The Kier molecular flexibility index (Phi) is 5.93. The molecule has 0 saturated carbocycles. The maximum atomic E-state index is 8.86. The molecule has 0 fully saturated rings. The van der Waals surface area contributed by atoms with Gasteiger partial charge in [0.2, 0.25) is 0 Å². The van der Waals surface area contributed by atoms with Crippen molar-refractivity contribution in [2.45, 2.75) is 6.42 Å². The molecule has 2 N–H and O–H groups in total. The molecule has 1 aliphatic carbocycles. The number of para-hydroxylation sites is 2. The Labute approximate surface area is 247 Å². The number of aromatic nitrogens is 4. The fraction of sp³-hybridized carbons (Fsp3) is 0.0556. The Morgan fingerprint density at radius 3 is 2.40 bits per heavy atom. The van der Waals surface area contributed by atoms with Gasteiger partial charge < -0.3 is 4.57 Å². The number of pyridine rings is 2. The number of aliphatic imine (C=N–C) groups is 1. The van der Waals surface area contributed by atoms with E-state index in [2.05, 4.69) is 69.6 Å². The van der Waals surface area contributed by atoms with Crippen molar-refractivity contribution >= 4 is 55.4 Å². The number of hydrogen-bond donors (Lipinski definition) is 2. The van der Waals surface area contributed by atoms with Crippen LogP contribution in [0.4, 0.5) is 0 Å². The van der Waals surface area contributed by atoms with E-state index in [9.17, 15) is 0 Å². The van der Waals surface area contributed by atoms with Gasteiger partial charge in [0.05, 0.1) is 33.8 Å². The third-order valence-corrected chi connectivity index (χ3v) is 8.05. The molecule has 0 spiro atoms. The lowest BCUT2D eigenvalue weighted by Crippen LogP contribution is -2.26. The molecule has 0 saturated heterocycles. The summed E-state index contributed by atoms with van der Waals surface area (Å²) in [4.78, 5) is 14.4. The highest BCUT2D eigenvalue weighted by Gasteiger charge is 2.22. The molecule has 1 aliphatic rings. The van der Waals surface area contributed by atoms with Crippen LogP contribution in [-0.2, 0) is 0 Å². The van der Waals surface area contributed by atoms with Crippen molar-refractivity contribution in [2.24, 2.45) is 10.9 Å². The number of amidine groups is 2. The van der Waals surface area contributed by atoms with Gasteiger partial charge in [0, 0.05) is 40.0 Å². The molecule has 206 valence electrons. The summed E-state index contributed by atoms with van der Waals surface area (Å²) < 4.78 is 4.29. The van der Waals surface area contributed by atoms with E-state index >= 15 is 0 Å². The summed E-state index contributed by atoms with van der Waals surface area (Å²) in [5, 5.41) is 13.2. The van der Waals surface area contributed by atoms with E-state index in [1.165, 1.54) is 0 Å². The van der Waals surface area contributed by atoms with Crippen LogP contribution >= 0.6 is 0 Å². The minimum atomic E-state index is -0.0726. The molecule has 7 heteroatoms. The molecular weight excluding hydrogens is 530 g/mol. The second-order valence-electron chi connectivity index (χ2n) is 10.6. The first-order valence-electron chi connectivity index (χ1n) is 14.3.